The van der Waals surface area contributed by atoms with E-state index in [0.717, 1.165) is 10.5 Å². The Labute approximate surface area is 186 Å². The molecule has 0 bridgehead atoms. The number of rotatable bonds is 7. The minimum Gasteiger partial charge on any atom is -0.477 e. The number of aliphatic carboxylic acids is 1. The van der Waals surface area contributed by atoms with Gasteiger partial charge in [-0.1, -0.05) is 29.5 Å². The number of amides is 1. The van der Waals surface area contributed by atoms with E-state index in [1.165, 1.54) is 40.3 Å². The lowest BCUT2D eigenvalue weighted by atomic mass is 10.0. The summed E-state index contributed by atoms with van der Waals surface area (Å²) in [6, 6.07) is 5.24. The van der Waals surface area contributed by atoms with Crippen molar-refractivity contribution < 1.29 is 23.1 Å². The van der Waals surface area contributed by atoms with Crippen LogP contribution in [0.5, 0.6) is 0 Å². The molecule has 4 rings (SSSR count). The molecule has 2 atom stereocenters. The monoisotopic (exact) mass is 482 g/mol. The van der Waals surface area contributed by atoms with E-state index in [4.69, 9.17) is 0 Å². The first kappa shape index (κ1) is 21.8. The Morgan fingerprint density at radius 3 is 2.68 bits per heavy atom. The van der Waals surface area contributed by atoms with E-state index >= 15 is 0 Å². The lowest BCUT2D eigenvalue weighted by Crippen LogP contribution is -2.70. The summed E-state index contributed by atoms with van der Waals surface area (Å²) in [5, 5.41) is 20.7. The highest BCUT2D eigenvalue weighted by atomic mass is 32.2. The third-order valence-electron chi connectivity index (χ3n) is 4.82. The number of hydrogen-bond donors (Lipinski definition) is 2. The third-order valence-corrected chi connectivity index (χ3v) is 8.71. The number of carbonyl (C=O) groups excluding carboxylic acids is 1. The molecule has 1 amide bonds. The van der Waals surface area contributed by atoms with Crippen LogP contribution in [0.15, 0.2) is 45.6 Å². The van der Waals surface area contributed by atoms with Crippen molar-refractivity contribution >= 4 is 45.4 Å². The number of thioether (sulfide) groups is 2. The molecule has 0 radical (unpaired) electrons. The van der Waals surface area contributed by atoms with E-state index in [-0.39, 0.29) is 10.6 Å². The molecule has 2 aliphatic rings. The minimum atomic E-state index is -3.92. The molecule has 164 valence electrons. The number of nitrogens with one attached hydrogen (secondary N) is 1. The molecule has 0 saturated carbocycles. The molecule has 1 aromatic heterocycles. The smallest absolute Gasteiger partial charge is 0.352 e. The Bertz CT molecular complexity index is 1180. The average molecular weight is 483 g/mol. The van der Waals surface area contributed by atoms with Gasteiger partial charge < -0.3 is 5.11 Å². The average Bonchev–Trinajstić information content (AvgIpc) is 3.14. The quantitative estimate of drug-likeness (QED) is 0.414. The third kappa shape index (κ3) is 4.07. The van der Waals surface area contributed by atoms with Crippen LogP contribution >= 0.6 is 23.5 Å². The number of nitrogens with zero attached hydrogens (tertiary/aromatic N) is 5. The Morgan fingerprint density at radius 1 is 1.35 bits per heavy atom. The summed E-state index contributed by atoms with van der Waals surface area (Å²) in [5.41, 5.74) is 1.35. The van der Waals surface area contributed by atoms with Gasteiger partial charge in [0.25, 0.3) is 0 Å². The molecular formula is C17H18N6O5S3. The lowest BCUT2D eigenvalue weighted by Gasteiger charge is -2.49. The molecule has 2 N–H and O–H groups in total. The Morgan fingerprint density at radius 2 is 2.06 bits per heavy atom. The maximum absolute atomic E-state index is 12.8. The van der Waals surface area contributed by atoms with Crippen LogP contribution in [0, 0.1) is 6.92 Å². The van der Waals surface area contributed by atoms with Gasteiger partial charge in [-0.15, -0.1) is 16.9 Å². The van der Waals surface area contributed by atoms with Crippen LogP contribution in [0.25, 0.3) is 0 Å². The normalized spacial score (nSPS) is 21.1. The van der Waals surface area contributed by atoms with E-state index < -0.39 is 33.3 Å². The summed E-state index contributed by atoms with van der Waals surface area (Å²) in [6.45, 7) is 1.84. The molecule has 1 fully saturated rings. The summed E-state index contributed by atoms with van der Waals surface area (Å²) in [6.07, 6.45) is 0. The number of hydrogen-bond acceptors (Lipinski definition) is 9. The number of carboxylic acid groups (broad SMARTS) is 1. The van der Waals surface area contributed by atoms with E-state index in [9.17, 15) is 23.1 Å². The van der Waals surface area contributed by atoms with Gasteiger partial charge in [-0.05, 0) is 35.1 Å². The van der Waals surface area contributed by atoms with Gasteiger partial charge in [0.15, 0.2) is 0 Å². The van der Waals surface area contributed by atoms with E-state index in [0.29, 0.717) is 22.2 Å². The van der Waals surface area contributed by atoms with Crippen molar-refractivity contribution in [2.75, 3.05) is 11.5 Å². The Balaban J connectivity index is 1.52. The van der Waals surface area contributed by atoms with Gasteiger partial charge >= 0.3 is 5.97 Å². The fourth-order valence-corrected chi connectivity index (χ4v) is 6.83. The van der Waals surface area contributed by atoms with Crippen molar-refractivity contribution in [3.05, 3.63) is 41.1 Å². The first-order valence-electron chi connectivity index (χ1n) is 9.03. The van der Waals surface area contributed by atoms with Gasteiger partial charge in [0.1, 0.15) is 17.1 Å². The summed E-state index contributed by atoms with van der Waals surface area (Å²) in [5.74, 6) is -1.19. The van der Waals surface area contributed by atoms with Crippen LogP contribution in [0.4, 0.5) is 0 Å². The van der Waals surface area contributed by atoms with Gasteiger partial charge in [-0.25, -0.2) is 17.9 Å². The van der Waals surface area contributed by atoms with Crippen LogP contribution in [0.2, 0.25) is 0 Å². The van der Waals surface area contributed by atoms with Crippen LogP contribution < -0.4 is 4.72 Å². The zero-order valence-electron chi connectivity index (χ0n) is 16.4. The van der Waals surface area contributed by atoms with Crippen molar-refractivity contribution in [3.8, 4) is 0 Å². The fourth-order valence-electron chi connectivity index (χ4n) is 3.22. The number of aryl methyl sites for hydroxylation is 2. The summed E-state index contributed by atoms with van der Waals surface area (Å²) < 4.78 is 29.2. The molecule has 31 heavy (non-hydrogen) atoms. The number of tetrazole rings is 1. The summed E-state index contributed by atoms with van der Waals surface area (Å²) in [4.78, 5) is 25.9. The standard InChI is InChI=1S/C17H18N6O5S3/c1-9-3-5-11(6-4-9)31(27,28)19-12-14(24)23-13(16(25)26)10(7-29-15(12)23)8-30-17-18-20-21-22(17)2/h3-6,12,15,19H,7-8H2,1-2H3,(H,25,26)/t12?,15-/m1/s1. The number of β-lactam (4-membered cyclic amide) rings is 1. The Kier molecular flexibility index (Phi) is 5.81. The van der Waals surface area contributed by atoms with Crippen LogP contribution in [-0.2, 0) is 26.7 Å². The second-order valence-corrected chi connectivity index (χ2v) is 10.7. The molecule has 14 heteroatoms. The molecule has 3 heterocycles. The highest BCUT2D eigenvalue weighted by Gasteiger charge is 2.54. The largest absolute Gasteiger partial charge is 0.477 e. The van der Waals surface area contributed by atoms with Crippen LogP contribution in [0.3, 0.4) is 0 Å². The molecule has 1 saturated heterocycles. The number of fused-ring (bicyclic) bond motifs is 1. The first-order chi connectivity index (χ1) is 14.7. The molecular weight excluding hydrogens is 464 g/mol. The molecule has 0 aliphatic carbocycles. The number of carbonyl (C=O) groups is 2. The second kappa shape index (κ2) is 8.26. The predicted octanol–water partition coefficient (Wildman–Crippen LogP) is 0.212. The van der Waals surface area contributed by atoms with Crippen molar-refractivity contribution in [1.82, 2.24) is 29.8 Å². The minimum absolute atomic E-state index is 0.0496. The predicted molar refractivity (Wildman–Crippen MR) is 113 cm³/mol. The maximum atomic E-state index is 12.8. The highest BCUT2D eigenvalue weighted by molar-refractivity contribution is 8.01. The van der Waals surface area contributed by atoms with Gasteiger partial charge in [0.2, 0.25) is 21.1 Å². The zero-order valence-corrected chi connectivity index (χ0v) is 18.9. The van der Waals surface area contributed by atoms with Crippen molar-refractivity contribution in [2.24, 2.45) is 7.05 Å². The highest BCUT2D eigenvalue weighted by Crippen LogP contribution is 2.41. The topological polar surface area (TPSA) is 147 Å². The summed E-state index contributed by atoms with van der Waals surface area (Å²) >= 11 is 2.58. The van der Waals surface area contributed by atoms with Crippen molar-refractivity contribution in [3.63, 3.8) is 0 Å². The number of sulfonamides is 1. The SMILES string of the molecule is Cc1ccc(S(=O)(=O)NC2C(=O)N3C(C(=O)O)=C(CSc4nnnn4C)CS[C@H]23)cc1. The van der Waals surface area contributed by atoms with Gasteiger partial charge in [-0.2, -0.15) is 4.72 Å². The molecule has 11 nitrogen and oxygen atoms in total. The molecule has 1 aromatic carbocycles. The molecule has 0 spiro atoms. The van der Waals surface area contributed by atoms with Crippen LogP contribution in [0.1, 0.15) is 5.56 Å². The number of benzene rings is 1. The lowest BCUT2D eigenvalue weighted by molar-refractivity contribution is -0.148. The van der Waals surface area contributed by atoms with E-state index in [1.807, 2.05) is 6.92 Å². The van der Waals surface area contributed by atoms with Gasteiger partial charge in [-0.3, -0.25) is 9.69 Å². The number of carboxylic acids is 1. The second-order valence-electron chi connectivity index (χ2n) is 6.95. The Hall–Kier alpha value is -2.42. The van der Waals surface area contributed by atoms with E-state index in [1.54, 1.807) is 19.2 Å². The maximum Gasteiger partial charge on any atom is 0.352 e. The van der Waals surface area contributed by atoms with Crippen LogP contribution in [-0.4, -0.2) is 73.4 Å². The molecule has 1 unspecified atom stereocenters. The first-order valence-corrected chi connectivity index (χ1v) is 12.5. The molecule has 2 aromatic rings. The van der Waals surface area contributed by atoms with Crippen molar-refractivity contribution in [1.29, 1.82) is 0 Å². The summed E-state index contributed by atoms with van der Waals surface area (Å²) in [7, 11) is -2.25. The molecule has 2 aliphatic heterocycles. The fraction of sp³-hybridized carbons (Fsp3) is 0.353. The van der Waals surface area contributed by atoms with E-state index in [2.05, 4.69) is 20.2 Å². The zero-order chi connectivity index (χ0) is 22.3. The van der Waals surface area contributed by atoms with Crippen molar-refractivity contribution in [2.45, 2.75) is 28.4 Å². The number of aromatic nitrogens is 4. The van der Waals surface area contributed by atoms with Gasteiger partial charge in [0.05, 0.1) is 4.90 Å². The van der Waals surface area contributed by atoms with Gasteiger partial charge in [0, 0.05) is 18.6 Å².